The molecule has 0 radical (unpaired) electrons. The highest BCUT2D eigenvalue weighted by atomic mass is 16.3. The van der Waals surface area contributed by atoms with Gasteiger partial charge in [-0.2, -0.15) is 0 Å². The predicted octanol–water partition coefficient (Wildman–Crippen LogP) is 14.6. The Hall–Kier alpha value is -8.61. The summed E-state index contributed by atoms with van der Waals surface area (Å²) >= 11 is 0. The number of furan rings is 1. The molecule has 294 valence electrons. The Bertz CT molecular complexity index is 3860. The molecule has 6 heterocycles. The van der Waals surface area contributed by atoms with Crippen molar-refractivity contribution in [3.63, 3.8) is 0 Å². The van der Waals surface area contributed by atoms with Crippen molar-refractivity contribution in [2.45, 2.75) is 0 Å². The average molecular weight is 806 g/mol. The third kappa shape index (κ3) is 5.69. The highest BCUT2D eigenvalue weighted by molar-refractivity contribution is 6.12. The van der Waals surface area contributed by atoms with Gasteiger partial charge in [0.2, 0.25) is 0 Å². The van der Waals surface area contributed by atoms with E-state index in [1.807, 2.05) is 30.3 Å². The number of benzene rings is 7. The molecular formula is C57H35N5O. The zero-order valence-corrected chi connectivity index (χ0v) is 33.9. The number of rotatable bonds is 6. The maximum atomic E-state index is 6.07. The minimum Gasteiger partial charge on any atom is -0.454 e. The SMILES string of the molecule is c1ccc(-c2cc(-n3c4ccccc4c4ccc(-c5ccc6c(c5)c5ccccc5n6-c5cccc(-c6ccc7oc8cccnc8c7c6)n5)cc43)cc(-c3ccccc3)n2)cc1. The van der Waals surface area contributed by atoms with Crippen LogP contribution < -0.4 is 0 Å². The lowest BCUT2D eigenvalue weighted by atomic mass is 10.0. The van der Waals surface area contributed by atoms with Crippen molar-refractivity contribution >= 4 is 65.7 Å². The van der Waals surface area contributed by atoms with Crippen molar-refractivity contribution in [3.05, 3.63) is 212 Å². The number of nitrogens with zero attached hydrogens (tertiary/aromatic N) is 5. The van der Waals surface area contributed by atoms with E-state index in [0.29, 0.717) is 0 Å². The molecule has 7 aromatic carbocycles. The standard InChI is InChI=1S/C57H35N5O/c1-3-13-36(14-4-1)48-34-41(35-49(59-48)37-15-5-2-6-16-37)61-50-20-9-7-17-42(50)44-27-24-39(33-53(44)61)38-25-28-52-45(31-38)43-18-8-10-21-51(43)62(52)56-23-11-19-47(60-56)40-26-29-54-46(32-40)57-55(63-54)22-12-30-58-57/h1-35H. The summed E-state index contributed by atoms with van der Waals surface area (Å²) in [4.78, 5) is 15.1. The van der Waals surface area contributed by atoms with Crippen LogP contribution in [0.4, 0.5) is 0 Å². The maximum Gasteiger partial charge on any atom is 0.153 e. The fourth-order valence-electron chi connectivity index (χ4n) is 9.45. The normalized spacial score (nSPS) is 11.8. The van der Waals surface area contributed by atoms with Crippen molar-refractivity contribution in [1.82, 2.24) is 24.1 Å². The molecule has 6 nitrogen and oxygen atoms in total. The fraction of sp³-hybridized carbons (Fsp3) is 0. The van der Waals surface area contributed by atoms with Crippen molar-refractivity contribution in [2.24, 2.45) is 0 Å². The summed E-state index contributed by atoms with van der Waals surface area (Å²) in [6, 6.07) is 72.7. The summed E-state index contributed by atoms with van der Waals surface area (Å²) in [6.45, 7) is 0. The second-order valence-corrected chi connectivity index (χ2v) is 16.0. The highest BCUT2D eigenvalue weighted by Gasteiger charge is 2.19. The molecule has 0 unspecified atom stereocenters. The summed E-state index contributed by atoms with van der Waals surface area (Å²) in [5.74, 6) is 0.856. The van der Waals surface area contributed by atoms with Crippen LogP contribution in [0.2, 0.25) is 0 Å². The van der Waals surface area contributed by atoms with E-state index in [2.05, 4.69) is 190 Å². The second kappa shape index (κ2) is 14.0. The molecular weight excluding hydrogens is 771 g/mol. The van der Waals surface area contributed by atoms with Crippen LogP contribution in [0.1, 0.15) is 0 Å². The summed E-state index contributed by atoms with van der Waals surface area (Å²) < 4.78 is 10.8. The minimum absolute atomic E-state index is 0.780. The summed E-state index contributed by atoms with van der Waals surface area (Å²) in [5, 5.41) is 5.73. The first-order chi connectivity index (χ1) is 31.2. The molecule has 0 aliphatic rings. The predicted molar refractivity (Wildman–Crippen MR) is 258 cm³/mol. The van der Waals surface area contributed by atoms with E-state index in [0.717, 1.165) is 101 Å². The van der Waals surface area contributed by atoms with Gasteiger partial charge in [0, 0.05) is 49.8 Å². The van der Waals surface area contributed by atoms with E-state index in [4.69, 9.17) is 14.4 Å². The van der Waals surface area contributed by atoms with E-state index in [9.17, 15) is 0 Å². The first-order valence-corrected chi connectivity index (χ1v) is 21.2. The lowest BCUT2D eigenvalue weighted by Gasteiger charge is -2.14. The molecule has 6 heteroatoms. The fourth-order valence-corrected chi connectivity index (χ4v) is 9.45. The molecule has 63 heavy (non-hydrogen) atoms. The zero-order valence-electron chi connectivity index (χ0n) is 33.9. The van der Waals surface area contributed by atoms with Gasteiger partial charge in [-0.25, -0.2) is 9.97 Å². The van der Waals surface area contributed by atoms with Gasteiger partial charge >= 0.3 is 0 Å². The van der Waals surface area contributed by atoms with Gasteiger partial charge in [-0.1, -0.05) is 121 Å². The molecule has 0 N–H and O–H groups in total. The average Bonchev–Trinajstić information content (AvgIpc) is 4.01. The maximum absolute atomic E-state index is 6.07. The molecule has 13 rings (SSSR count). The molecule has 0 fully saturated rings. The van der Waals surface area contributed by atoms with Crippen molar-refractivity contribution in [3.8, 4) is 56.4 Å². The van der Waals surface area contributed by atoms with Crippen LogP contribution >= 0.6 is 0 Å². The van der Waals surface area contributed by atoms with E-state index in [1.54, 1.807) is 6.20 Å². The van der Waals surface area contributed by atoms with Gasteiger partial charge in [0.1, 0.15) is 16.9 Å². The Kier molecular flexibility index (Phi) is 7.80. The monoisotopic (exact) mass is 805 g/mol. The smallest absolute Gasteiger partial charge is 0.153 e. The van der Waals surface area contributed by atoms with Gasteiger partial charge in [0.25, 0.3) is 0 Å². The van der Waals surface area contributed by atoms with Crippen LogP contribution in [0, 0.1) is 0 Å². The van der Waals surface area contributed by atoms with Crippen LogP contribution in [0.25, 0.3) is 122 Å². The third-order valence-corrected chi connectivity index (χ3v) is 12.4. The van der Waals surface area contributed by atoms with Gasteiger partial charge in [-0.05, 0) is 96.1 Å². The topological polar surface area (TPSA) is 61.7 Å². The quantitative estimate of drug-likeness (QED) is 0.168. The number of aromatic nitrogens is 5. The van der Waals surface area contributed by atoms with Crippen LogP contribution in [-0.2, 0) is 0 Å². The molecule has 6 aromatic heterocycles. The summed E-state index contributed by atoms with van der Waals surface area (Å²) in [5.41, 5.74) is 16.2. The molecule has 13 aromatic rings. The zero-order chi connectivity index (χ0) is 41.4. The summed E-state index contributed by atoms with van der Waals surface area (Å²) in [6.07, 6.45) is 1.81. The van der Waals surface area contributed by atoms with Crippen molar-refractivity contribution in [2.75, 3.05) is 0 Å². The van der Waals surface area contributed by atoms with Gasteiger partial charge in [0.15, 0.2) is 5.58 Å². The van der Waals surface area contributed by atoms with Gasteiger partial charge in [-0.3, -0.25) is 9.55 Å². The Balaban J connectivity index is 0.961. The lowest BCUT2D eigenvalue weighted by molar-refractivity contribution is 0.668. The van der Waals surface area contributed by atoms with Crippen LogP contribution in [-0.4, -0.2) is 24.1 Å². The third-order valence-electron chi connectivity index (χ3n) is 12.4. The molecule has 0 bridgehead atoms. The van der Waals surface area contributed by atoms with Crippen molar-refractivity contribution in [1.29, 1.82) is 0 Å². The van der Waals surface area contributed by atoms with Gasteiger partial charge < -0.3 is 8.98 Å². The van der Waals surface area contributed by atoms with Gasteiger partial charge in [0.05, 0.1) is 44.8 Å². The second-order valence-electron chi connectivity index (χ2n) is 16.0. The van der Waals surface area contributed by atoms with E-state index in [-0.39, 0.29) is 0 Å². The van der Waals surface area contributed by atoms with Gasteiger partial charge in [-0.15, -0.1) is 0 Å². The molecule has 0 aliphatic heterocycles. The molecule has 0 saturated heterocycles. The van der Waals surface area contributed by atoms with Crippen LogP contribution in [0.5, 0.6) is 0 Å². The Morgan fingerprint density at radius 2 is 0.952 bits per heavy atom. The highest BCUT2D eigenvalue weighted by Crippen LogP contribution is 2.40. The number of fused-ring (bicyclic) bond motifs is 9. The lowest BCUT2D eigenvalue weighted by Crippen LogP contribution is -1.98. The van der Waals surface area contributed by atoms with Crippen LogP contribution in [0.15, 0.2) is 217 Å². The Labute approximate surface area is 361 Å². The van der Waals surface area contributed by atoms with E-state index >= 15 is 0 Å². The minimum atomic E-state index is 0.780. The molecule has 0 aliphatic carbocycles. The van der Waals surface area contributed by atoms with Crippen LogP contribution in [0.3, 0.4) is 0 Å². The molecule has 0 saturated carbocycles. The largest absolute Gasteiger partial charge is 0.454 e. The van der Waals surface area contributed by atoms with Crippen molar-refractivity contribution < 1.29 is 4.42 Å². The molecule has 0 atom stereocenters. The number of hydrogen-bond acceptors (Lipinski definition) is 4. The Morgan fingerprint density at radius 1 is 0.333 bits per heavy atom. The number of para-hydroxylation sites is 2. The summed E-state index contributed by atoms with van der Waals surface area (Å²) in [7, 11) is 0. The molecule has 0 amide bonds. The molecule has 0 spiro atoms. The van der Waals surface area contributed by atoms with E-state index in [1.165, 1.54) is 21.5 Å². The first kappa shape index (κ1) is 35.2. The van der Waals surface area contributed by atoms with E-state index < -0.39 is 0 Å². The number of pyridine rings is 3. The Morgan fingerprint density at radius 3 is 1.73 bits per heavy atom. The number of hydrogen-bond donors (Lipinski definition) is 0. The first-order valence-electron chi connectivity index (χ1n) is 21.2.